The van der Waals surface area contributed by atoms with Crippen LogP contribution < -0.4 is 4.74 Å². The number of rotatable bonds is 1. The molecule has 0 heterocycles. The Hall–Kier alpha value is 1.42. The molecule has 0 amide bonds. The number of alkyl halides is 3. The minimum absolute atomic E-state index is 0.722. The lowest BCUT2D eigenvalue weighted by atomic mass is 10.3. The van der Waals surface area contributed by atoms with Crippen molar-refractivity contribution < 1.29 is 4.74 Å². The van der Waals surface area contributed by atoms with Gasteiger partial charge in [-0.2, -0.15) is 0 Å². The van der Waals surface area contributed by atoms with Crippen LogP contribution in [-0.4, -0.2) is 2.33 Å². The van der Waals surface area contributed by atoms with Gasteiger partial charge in [0.2, 0.25) is 0 Å². The zero-order valence-corrected chi connectivity index (χ0v) is 14.0. The molecule has 0 atom stereocenters. The molecule has 13 heavy (non-hydrogen) atoms. The molecule has 0 saturated heterocycles. The minimum atomic E-state index is -0.726. The van der Waals surface area contributed by atoms with Crippen LogP contribution in [0.15, 0.2) is 27.1 Å². The molecule has 0 aliphatic rings. The number of halogens is 5. The van der Waals surface area contributed by atoms with E-state index in [0.29, 0.717) is 0 Å². The van der Waals surface area contributed by atoms with Gasteiger partial charge >= 0.3 is 0 Å². The largest absolute Gasteiger partial charge is 0.455 e. The van der Waals surface area contributed by atoms with Crippen LogP contribution in [0, 0.1) is 0 Å². The number of benzene rings is 1. The lowest BCUT2D eigenvalue weighted by Crippen LogP contribution is -2.10. The van der Waals surface area contributed by atoms with Gasteiger partial charge in [0.15, 0.2) is 0 Å². The molecule has 72 valence electrons. The summed E-state index contributed by atoms with van der Waals surface area (Å²) in [6.07, 6.45) is 0. The standard InChI is InChI=1S/C7H3Br5O/c8-4-2-1-3-5(6(4)9)13-7(10,11)12/h1-3H. The molecule has 0 spiro atoms. The Morgan fingerprint density at radius 1 is 1.08 bits per heavy atom. The molecular weight excluding hydrogens is 500 g/mol. The van der Waals surface area contributed by atoms with E-state index in [0.717, 1.165) is 14.7 Å². The molecule has 1 rings (SSSR count). The van der Waals surface area contributed by atoms with E-state index in [1.807, 2.05) is 18.2 Å². The second-order valence-electron chi connectivity index (χ2n) is 2.10. The fraction of sp³-hybridized carbons (Fsp3) is 0.143. The molecule has 0 aromatic heterocycles. The van der Waals surface area contributed by atoms with Gasteiger partial charge in [0.1, 0.15) is 5.75 Å². The summed E-state index contributed by atoms with van der Waals surface area (Å²) in [6, 6.07) is 5.67. The predicted molar refractivity (Wildman–Crippen MR) is 72.0 cm³/mol. The molecule has 0 unspecified atom stereocenters. The van der Waals surface area contributed by atoms with Gasteiger partial charge in [-0.15, -0.1) is 0 Å². The van der Waals surface area contributed by atoms with E-state index in [9.17, 15) is 0 Å². The van der Waals surface area contributed by atoms with Gasteiger partial charge in [0.05, 0.1) is 4.47 Å². The molecule has 1 nitrogen and oxygen atoms in total. The van der Waals surface area contributed by atoms with Crippen molar-refractivity contribution in [3.63, 3.8) is 0 Å². The second-order valence-corrected chi connectivity index (χ2v) is 10.3. The van der Waals surface area contributed by atoms with Gasteiger partial charge in [0, 0.05) is 4.47 Å². The molecule has 0 aliphatic carbocycles. The third-order valence-corrected chi connectivity index (χ3v) is 3.64. The highest BCUT2D eigenvalue weighted by molar-refractivity contribution is 9.39. The maximum Gasteiger partial charge on any atom is 0.272 e. The summed E-state index contributed by atoms with van der Waals surface area (Å²) >= 11 is 16.5. The van der Waals surface area contributed by atoms with Gasteiger partial charge in [0.25, 0.3) is 2.33 Å². The summed E-state index contributed by atoms with van der Waals surface area (Å²) < 4.78 is 6.58. The first-order valence-corrected chi connectivity index (χ1v) is 7.06. The second kappa shape index (κ2) is 4.96. The fourth-order valence-electron chi connectivity index (χ4n) is 0.688. The van der Waals surface area contributed by atoms with Crippen LogP contribution in [-0.2, 0) is 0 Å². The quantitative estimate of drug-likeness (QED) is 0.468. The lowest BCUT2D eigenvalue weighted by molar-refractivity contribution is 0.354. The van der Waals surface area contributed by atoms with Crippen LogP contribution in [0.1, 0.15) is 0 Å². The highest BCUT2D eigenvalue weighted by atomic mass is 80.0. The van der Waals surface area contributed by atoms with E-state index < -0.39 is 2.33 Å². The Morgan fingerprint density at radius 3 is 2.23 bits per heavy atom. The van der Waals surface area contributed by atoms with Crippen molar-refractivity contribution in [2.45, 2.75) is 2.33 Å². The molecule has 6 heteroatoms. The highest BCUT2D eigenvalue weighted by Gasteiger charge is 2.21. The van der Waals surface area contributed by atoms with E-state index in [2.05, 4.69) is 79.6 Å². The Labute approximate surface area is 118 Å². The number of hydrogen-bond donors (Lipinski definition) is 0. The molecule has 0 N–H and O–H groups in total. The van der Waals surface area contributed by atoms with Crippen LogP contribution in [0.3, 0.4) is 0 Å². The van der Waals surface area contributed by atoms with E-state index >= 15 is 0 Å². The van der Waals surface area contributed by atoms with Crippen molar-refractivity contribution >= 4 is 79.6 Å². The van der Waals surface area contributed by atoms with E-state index in [1.165, 1.54) is 0 Å². The van der Waals surface area contributed by atoms with Crippen LogP contribution in [0.2, 0.25) is 0 Å². The van der Waals surface area contributed by atoms with E-state index in [-0.39, 0.29) is 0 Å². The average molecular weight is 503 g/mol. The van der Waals surface area contributed by atoms with Gasteiger partial charge in [-0.1, -0.05) is 6.07 Å². The Morgan fingerprint density at radius 2 is 1.69 bits per heavy atom. The predicted octanol–water partition coefficient (Wildman–Crippen LogP) is 5.39. The molecule has 1 aromatic rings. The minimum Gasteiger partial charge on any atom is -0.455 e. The summed E-state index contributed by atoms with van der Waals surface area (Å²) in [5, 5.41) is 0. The Kier molecular flexibility index (Phi) is 4.77. The summed E-state index contributed by atoms with van der Waals surface area (Å²) in [5.41, 5.74) is 0. The monoisotopic (exact) mass is 498 g/mol. The number of hydrogen-bond acceptors (Lipinski definition) is 1. The fourth-order valence-corrected chi connectivity index (χ4v) is 1.90. The first-order chi connectivity index (χ1) is 5.90. The number of ether oxygens (including phenoxy) is 1. The third kappa shape index (κ3) is 4.20. The zero-order valence-electron chi connectivity index (χ0n) is 6.03. The van der Waals surface area contributed by atoms with Crippen LogP contribution >= 0.6 is 79.6 Å². The van der Waals surface area contributed by atoms with Crippen LogP contribution in [0.25, 0.3) is 0 Å². The molecule has 0 fully saturated rings. The van der Waals surface area contributed by atoms with Crippen molar-refractivity contribution in [1.29, 1.82) is 0 Å². The van der Waals surface area contributed by atoms with Crippen molar-refractivity contribution in [1.82, 2.24) is 0 Å². The van der Waals surface area contributed by atoms with Gasteiger partial charge < -0.3 is 4.74 Å². The molecule has 0 bridgehead atoms. The molecule has 0 radical (unpaired) electrons. The van der Waals surface area contributed by atoms with Crippen LogP contribution in [0.5, 0.6) is 5.75 Å². The van der Waals surface area contributed by atoms with Crippen molar-refractivity contribution in [3.8, 4) is 5.75 Å². The summed E-state index contributed by atoms with van der Waals surface area (Å²) in [5.74, 6) is 0.722. The first kappa shape index (κ1) is 12.5. The maximum atomic E-state index is 5.49. The summed E-state index contributed by atoms with van der Waals surface area (Å²) in [7, 11) is 0. The van der Waals surface area contributed by atoms with Gasteiger partial charge in [-0.3, -0.25) is 0 Å². The molecule has 1 aromatic carbocycles. The van der Waals surface area contributed by atoms with E-state index in [1.54, 1.807) is 0 Å². The van der Waals surface area contributed by atoms with Crippen molar-refractivity contribution in [2.24, 2.45) is 0 Å². The summed E-state index contributed by atoms with van der Waals surface area (Å²) in [4.78, 5) is 0. The molecule has 0 aliphatic heterocycles. The smallest absolute Gasteiger partial charge is 0.272 e. The van der Waals surface area contributed by atoms with E-state index in [4.69, 9.17) is 4.74 Å². The SMILES string of the molecule is Brc1cccc(OC(Br)(Br)Br)c1Br. The lowest BCUT2D eigenvalue weighted by Gasteiger charge is -2.16. The first-order valence-electron chi connectivity index (χ1n) is 3.10. The Balaban J connectivity index is 2.96. The Bertz CT molecular complexity index is 306. The van der Waals surface area contributed by atoms with Gasteiger partial charge in [-0.05, 0) is 91.8 Å². The average Bonchev–Trinajstić information content (AvgIpc) is 1.96. The van der Waals surface area contributed by atoms with Gasteiger partial charge in [-0.25, -0.2) is 0 Å². The normalized spacial score (nSPS) is 11.5. The van der Waals surface area contributed by atoms with Crippen molar-refractivity contribution in [3.05, 3.63) is 27.1 Å². The third-order valence-electron chi connectivity index (χ3n) is 1.14. The summed E-state index contributed by atoms with van der Waals surface area (Å²) in [6.45, 7) is 0. The topological polar surface area (TPSA) is 9.23 Å². The zero-order chi connectivity index (χ0) is 10.1. The maximum absolute atomic E-state index is 5.49. The highest BCUT2D eigenvalue weighted by Crippen LogP contribution is 2.40. The van der Waals surface area contributed by atoms with Crippen molar-refractivity contribution in [2.75, 3.05) is 0 Å². The molecule has 0 saturated carbocycles. The molecular formula is C7H3Br5O. The van der Waals surface area contributed by atoms with Crippen LogP contribution in [0.4, 0.5) is 0 Å².